The van der Waals surface area contributed by atoms with E-state index in [2.05, 4.69) is 77.5 Å². The van der Waals surface area contributed by atoms with E-state index in [0.717, 1.165) is 42.0 Å². The molecule has 0 spiro atoms. The quantitative estimate of drug-likeness (QED) is 0.563. The second kappa shape index (κ2) is 7.72. The normalized spacial score (nSPS) is 25.0. The lowest BCUT2D eigenvalue weighted by Crippen LogP contribution is -2.53. The maximum atomic E-state index is 13.5. The Balaban J connectivity index is 2.03. The molecule has 1 N–H and O–H groups in total. The lowest BCUT2D eigenvalue weighted by atomic mass is 9.48. The van der Waals surface area contributed by atoms with Crippen LogP contribution in [-0.2, 0) is 10.0 Å². The molecule has 0 aliphatic heterocycles. The van der Waals surface area contributed by atoms with Crippen molar-refractivity contribution < 1.29 is 8.42 Å². The Morgan fingerprint density at radius 2 is 1.55 bits per heavy atom. The van der Waals surface area contributed by atoms with Gasteiger partial charge in [-0.05, 0) is 65.0 Å². The van der Waals surface area contributed by atoms with Gasteiger partial charge in [0.15, 0.2) is 0 Å². The van der Waals surface area contributed by atoms with Crippen molar-refractivity contribution in [1.82, 2.24) is 4.83 Å². The molecule has 1 aromatic rings. The smallest absolute Gasteiger partial charge is 0.200 e. The summed E-state index contributed by atoms with van der Waals surface area (Å²) in [6.07, 6.45) is 3.16. The maximum absolute atomic E-state index is 13.5. The van der Waals surface area contributed by atoms with Crippen LogP contribution in [0.3, 0.4) is 0 Å². The van der Waals surface area contributed by atoms with Crippen LogP contribution in [0.1, 0.15) is 109 Å². The van der Waals surface area contributed by atoms with Gasteiger partial charge in [-0.2, -0.15) is 13.5 Å². The first-order valence-corrected chi connectivity index (χ1v) is 12.6. The van der Waals surface area contributed by atoms with E-state index in [1.807, 2.05) is 0 Å². The van der Waals surface area contributed by atoms with Crippen molar-refractivity contribution in [2.24, 2.45) is 22.4 Å². The molecule has 3 aliphatic rings. The predicted octanol–water partition coefficient (Wildman–Crippen LogP) is 6.15. The highest BCUT2D eigenvalue weighted by Gasteiger charge is 2.53. The second-order valence-corrected chi connectivity index (χ2v) is 12.1. The van der Waals surface area contributed by atoms with Crippen LogP contribution in [-0.4, -0.2) is 14.1 Å². The third-order valence-electron chi connectivity index (χ3n) is 7.28. The highest BCUT2D eigenvalue weighted by molar-refractivity contribution is 7.89. The lowest BCUT2D eigenvalue weighted by molar-refractivity contribution is 0.00121. The molecular formula is C24H38N2O2S. The van der Waals surface area contributed by atoms with E-state index in [-0.39, 0.29) is 17.3 Å². The van der Waals surface area contributed by atoms with Gasteiger partial charge in [0.1, 0.15) is 0 Å². The number of hydrogen-bond acceptors (Lipinski definition) is 3. The van der Waals surface area contributed by atoms with Crippen LogP contribution in [0.4, 0.5) is 0 Å². The molecule has 0 radical (unpaired) electrons. The lowest BCUT2D eigenvalue weighted by Gasteiger charge is -2.56. The van der Waals surface area contributed by atoms with Crippen molar-refractivity contribution in [2.45, 2.75) is 97.3 Å². The van der Waals surface area contributed by atoms with Crippen LogP contribution >= 0.6 is 0 Å². The topological polar surface area (TPSA) is 58.5 Å². The number of hydrogen-bond donors (Lipinski definition) is 1. The van der Waals surface area contributed by atoms with Gasteiger partial charge in [0.2, 0.25) is 0 Å². The van der Waals surface area contributed by atoms with Crippen molar-refractivity contribution >= 4 is 15.7 Å². The monoisotopic (exact) mass is 418 g/mol. The van der Waals surface area contributed by atoms with E-state index in [1.54, 1.807) is 0 Å². The van der Waals surface area contributed by atoms with Gasteiger partial charge in [0.05, 0.1) is 4.90 Å². The van der Waals surface area contributed by atoms with Gasteiger partial charge in [-0.1, -0.05) is 67.5 Å². The standard InChI is InChI=1S/C24H38N2O2S/c1-14(2)17-11-19(15(3)4)23(20(12-17)16(5)6)29(27,28)26-25-22-10-9-18-13-21(22)24(18,7)8/h11-12,14-16,18,21,26H,9-10,13H2,1-8H3/b25-22-/t18-,21-/m0/s1. The summed E-state index contributed by atoms with van der Waals surface area (Å²) in [6, 6.07) is 4.15. The zero-order valence-corrected chi connectivity index (χ0v) is 20.2. The van der Waals surface area contributed by atoms with Gasteiger partial charge in [-0.3, -0.25) is 0 Å². The first kappa shape index (κ1) is 22.3. The van der Waals surface area contributed by atoms with Crippen molar-refractivity contribution in [3.8, 4) is 0 Å². The molecule has 5 heteroatoms. The van der Waals surface area contributed by atoms with E-state index < -0.39 is 10.0 Å². The molecule has 0 heterocycles. The second-order valence-electron chi connectivity index (χ2n) is 10.5. The number of rotatable bonds is 6. The number of nitrogens with zero attached hydrogens (tertiary/aromatic N) is 1. The Morgan fingerprint density at radius 3 is 1.97 bits per heavy atom. The van der Waals surface area contributed by atoms with Crippen molar-refractivity contribution in [1.29, 1.82) is 0 Å². The van der Waals surface area contributed by atoms with Crippen molar-refractivity contribution in [3.05, 3.63) is 28.8 Å². The van der Waals surface area contributed by atoms with E-state index in [4.69, 9.17) is 0 Å². The van der Waals surface area contributed by atoms with E-state index in [1.165, 1.54) is 5.56 Å². The zero-order chi connectivity index (χ0) is 21.7. The molecule has 4 nitrogen and oxygen atoms in total. The number of fused-ring (bicyclic) bond motifs is 2. The molecule has 29 heavy (non-hydrogen) atoms. The third kappa shape index (κ3) is 3.99. The number of nitrogens with one attached hydrogen (secondary N) is 1. The SMILES string of the molecule is CC(C)c1cc(C(C)C)c(S(=O)(=O)N/N=C2/CC[C@H]3C[C@@H]2C3(C)C)c(C(C)C)c1. The summed E-state index contributed by atoms with van der Waals surface area (Å²) in [7, 11) is -3.73. The Bertz CT molecular complexity index is 880. The number of hydrazone groups is 1. The van der Waals surface area contributed by atoms with Crippen LogP contribution in [0.15, 0.2) is 22.1 Å². The Kier molecular flexibility index (Phi) is 5.94. The minimum atomic E-state index is -3.73. The van der Waals surface area contributed by atoms with E-state index in [0.29, 0.717) is 16.7 Å². The Labute approximate surface area is 177 Å². The molecule has 3 saturated carbocycles. The molecule has 3 aliphatic carbocycles. The van der Waals surface area contributed by atoms with E-state index >= 15 is 0 Å². The fraction of sp³-hybridized carbons (Fsp3) is 0.708. The molecule has 0 saturated heterocycles. The van der Waals surface area contributed by atoms with Gasteiger partial charge in [0.25, 0.3) is 10.0 Å². The summed E-state index contributed by atoms with van der Waals surface area (Å²) < 4.78 is 26.9. The van der Waals surface area contributed by atoms with Crippen LogP contribution in [0.5, 0.6) is 0 Å². The largest absolute Gasteiger partial charge is 0.277 e. The third-order valence-corrected chi connectivity index (χ3v) is 8.62. The average molecular weight is 419 g/mol. The summed E-state index contributed by atoms with van der Waals surface area (Å²) in [5, 5.41) is 4.48. The summed E-state index contributed by atoms with van der Waals surface area (Å²) in [5.74, 6) is 1.75. The predicted molar refractivity (Wildman–Crippen MR) is 121 cm³/mol. The fourth-order valence-corrected chi connectivity index (χ4v) is 6.60. The fourth-order valence-electron chi connectivity index (χ4n) is 5.07. The zero-order valence-electron chi connectivity index (χ0n) is 19.3. The minimum Gasteiger partial charge on any atom is -0.200 e. The Morgan fingerprint density at radius 1 is 1.00 bits per heavy atom. The number of sulfonamides is 1. The van der Waals surface area contributed by atoms with Gasteiger partial charge >= 0.3 is 0 Å². The van der Waals surface area contributed by atoms with Crippen LogP contribution in [0.2, 0.25) is 0 Å². The molecule has 0 aromatic heterocycles. The first-order chi connectivity index (χ1) is 13.4. The summed E-state index contributed by atoms with van der Waals surface area (Å²) in [4.78, 5) is 3.07. The molecule has 4 rings (SSSR count). The minimum absolute atomic E-state index is 0.117. The molecule has 1 aromatic carbocycles. The van der Waals surface area contributed by atoms with E-state index in [9.17, 15) is 8.42 Å². The van der Waals surface area contributed by atoms with Crippen molar-refractivity contribution in [2.75, 3.05) is 0 Å². The van der Waals surface area contributed by atoms with Crippen LogP contribution < -0.4 is 4.83 Å². The maximum Gasteiger partial charge on any atom is 0.277 e. The van der Waals surface area contributed by atoms with Crippen molar-refractivity contribution in [3.63, 3.8) is 0 Å². The molecular weight excluding hydrogens is 380 g/mol. The van der Waals surface area contributed by atoms with Gasteiger partial charge < -0.3 is 0 Å². The average Bonchev–Trinajstić information content (AvgIpc) is 2.65. The van der Waals surface area contributed by atoms with Crippen LogP contribution in [0.25, 0.3) is 0 Å². The molecule has 0 unspecified atom stereocenters. The van der Waals surface area contributed by atoms with Gasteiger partial charge in [-0.25, -0.2) is 4.83 Å². The van der Waals surface area contributed by atoms with Crippen LogP contribution in [0, 0.1) is 17.3 Å². The Hall–Kier alpha value is -1.36. The molecule has 3 fully saturated rings. The molecule has 162 valence electrons. The summed E-state index contributed by atoms with van der Waals surface area (Å²) >= 11 is 0. The highest BCUT2D eigenvalue weighted by Crippen LogP contribution is 2.57. The summed E-state index contributed by atoms with van der Waals surface area (Å²) in [5.41, 5.74) is 4.24. The summed E-state index contributed by atoms with van der Waals surface area (Å²) in [6.45, 7) is 17.1. The first-order valence-electron chi connectivity index (χ1n) is 11.1. The molecule has 2 bridgehead atoms. The molecule has 2 atom stereocenters. The number of benzene rings is 1. The van der Waals surface area contributed by atoms with Gasteiger partial charge in [-0.15, -0.1) is 0 Å². The highest BCUT2D eigenvalue weighted by atomic mass is 32.2. The molecule has 0 amide bonds. The van der Waals surface area contributed by atoms with Gasteiger partial charge in [0, 0.05) is 11.6 Å².